The summed E-state index contributed by atoms with van der Waals surface area (Å²) in [6, 6.07) is 9.06. The number of nitrogens with zero attached hydrogens (tertiary/aromatic N) is 1. The number of carbonyl (C=O) groups is 2. The Labute approximate surface area is 113 Å². The quantitative estimate of drug-likeness (QED) is 0.724. The highest BCUT2D eigenvalue weighted by Crippen LogP contribution is 2.11. The maximum atomic E-state index is 11.7. The van der Waals surface area contributed by atoms with Crippen LogP contribution in [0.1, 0.15) is 12.0 Å². The highest BCUT2D eigenvalue weighted by atomic mass is 16.5. The molecule has 19 heavy (non-hydrogen) atoms. The van der Waals surface area contributed by atoms with E-state index in [2.05, 4.69) is 4.74 Å². The number of likely N-dealkylation sites (N-methyl/N-ethyl adjacent to an activating group) is 1. The molecule has 0 amide bonds. The van der Waals surface area contributed by atoms with Gasteiger partial charge in [-0.05, 0) is 12.6 Å². The lowest BCUT2D eigenvalue weighted by atomic mass is 10.1. The number of hydrogen-bond donors (Lipinski definition) is 0. The Balaban J connectivity index is 2.73. The van der Waals surface area contributed by atoms with Crippen LogP contribution in [-0.4, -0.2) is 44.1 Å². The first-order chi connectivity index (χ1) is 9.08. The molecule has 0 N–H and O–H groups in total. The van der Waals surface area contributed by atoms with Crippen LogP contribution in [0, 0.1) is 0 Å². The van der Waals surface area contributed by atoms with Crippen LogP contribution in [0.4, 0.5) is 0 Å². The molecule has 0 aliphatic carbocycles. The van der Waals surface area contributed by atoms with Gasteiger partial charge < -0.3 is 9.47 Å². The normalized spacial score (nSPS) is 12.0. The summed E-state index contributed by atoms with van der Waals surface area (Å²) in [4.78, 5) is 24.8. The lowest BCUT2D eigenvalue weighted by Gasteiger charge is -2.25. The van der Waals surface area contributed by atoms with Crippen molar-refractivity contribution in [3.05, 3.63) is 35.9 Å². The van der Waals surface area contributed by atoms with Crippen molar-refractivity contribution in [1.82, 2.24) is 4.90 Å². The minimum Gasteiger partial charge on any atom is -0.469 e. The molecule has 0 radical (unpaired) electrons. The second-order valence-electron chi connectivity index (χ2n) is 4.22. The topological polar surface area (TPSA) is 55.8 Å². The fraction of sp³-hybridized carbons (Fsp3) is 0.429. The van der Waals surface area contributed by atoms with Gasteiger partial charge >= 0.3 is 11.9 Å². The van der Waals surface area contributed by atoms with Gasteiger partial charge in [0.1, 0.15) is 6.04 Å². The minimum atomic E-state index is -0.641. The molecular formula is C14H19NO4. The van der Waals surface area contributed by atoms with Crippen molar-refractivity contribution in [3.8, 4) is 0 Å². The minimum absolute atomic E-state index is 0.0213. The fourth-order valence-electron chi connectivity index (χ4n) is 1.78. The lowest BCUT2D eigenvalue weighted by Crippen LogP contribution is -2.40. The predicted octanol–water partition coefficient (Wildman–Crippen LogP) is 1.22. The van der Waals surface area contributed by atoms with Crippen LogP contribution in [0.15, 0.2) is 30.3 Å². The molecule has 1 aromatic carbocycles. The second kappa shape index (κ2) is 7.53. The van der Waals surface area contributed by atoms with E-state index in [9.17, 15) is 9.59 Å². The van der Waals surface area contributed by atoms with Crippen LogP contribution in [0.2, 0.25) is 0 Å². The van der Waals surface area contributed by atoms with Crippen molar-refractivity contribution in [2.24, 2.45) is 0 Å². The summed E-state index contributed by atoms with van der Waals surface area (Å²) in [6.07, 6.45) is -0.0213. The van der Waals surface area contributed by atoms with Gasteiger partial charge in [0.15, 0.2) is 0 Å². The first kappa shape index (κ1) is 15.2. The third-order valence-corrected chi connectivity index (χ3v) is 2.87. The summed E-state index contributed by atoms with van der Waals surface area (Å²) in [7, 11) is 4.38. The monoisotopic (exact) mass is 265 g/mol. The average molecular weight is 265 g/mol. The predicted molar refractivity (Wildman–Crippen MR) is 70.3 cm³/mol. The van der Waals surface area contributed by atoms with Crippen LogP contribution in [-0.2, 0) is 25.6 Å². The molecule has 1 aromatic rings. The van der Waals surface area contributed by atoms with Gasteiger partial charge in [-0.1, -0.05) is 30.3 Å². The molecule has 0 aliphatic rings. The van der Waals surface area contributed by atoms with Crippen LogP contribution in [0.5, 0.6) is 0 Å². The average Bonchev–Trinajstić information content (AvgIpc) is 2.44. The van der Waals surface area contributed by atoms with E-state index in [1.165, 1.54) is 14.2 Å². The lowest BCUT2D eigenvalue weighted by molar-refractivity contribution is -0.153. The number of carbonyl (C=O) groups excluding carboxylic acids is 2. The van der Waals surface area contributed by atoms with E-state index in [4.69, 9.17) is 4.74 Å². The number of rotatable bonds is 6. The van der Waals surface area contributed by atoms with E-state index < -0.39 is 18.0 Å². The van der Waals surface area contributed by atoms with Gasteiger partial charge in [0.2, 0.25) is 0 Å². The summed E-state index contributed by atoms with van der Waals surface area (Å²) in [5.74, 6) is -0.876. The van der Waals surface area contributed by atoms with Crippen LogP contribution in [0.25, 0.3) is 0 Å². The molecule has 1 atom stereocenters. The van der Waals surface area contributed by atoms with Gasteiger partial charge in [-0.3, -0.25) is 14.5 Å². The summed E-state index contributed by atoms with van der Waals surface area (Å²) < 4.78 is 9.33. The Kier molecular flexibility index (Phi) is 6.02. The zero-order chi connectivity index (χ0) is 14.3. The van der Waals surface area contributed by atoms with E-state index in [1.807, 2.05) is 30.3 Å². The van der Waals surface area contributed by atoms with Gasteiger partial charge in [-0.15, -0.1) is 0 Å². The summed E-state index contributed by atoms with van der Waals surface area (Å²) in [5.41, 5.74) is 1.06. The molecule has 0 aliphatic heterocycles. The van der Waals surface area contributed by atoms with E-state index in [0.717, 1.165) is 5.56 Å². The number of methoxy groups -OCH3 is 2. The maximum Gasteiger partial charge on any atom is 0.323 e. The summed E-state index contributed by atoms with van der Waals surface area (Å²) >= 11 is 0. The van der Waals surface area contributed by atoms with Crippen LogP contribution in [0.3, 0.4) is 0 Å². The second-order valence-corrected chi connectivity index (χ2v) is 4.22. The van der Waals surface area contributed by atoms with Crippen LogP contribution < -0.4 is 0 Å². The molecule has 5 nitrogen and oxygen atoms in total. The zero-order valence-corrected chi connectivity index (χ0v) is 11.5. The molecule has 0 saturated carbocycles. The number of ether oxygens (including phenoxy) is 2. The molecule has 0 aromatic heterocycles. The summed E-state index contributed by atoms with van der Waals surface area (Å²) in [5, 5.41) is 0. The van der Waals surface area contributed by atoms with Crippen molar-refractivity contribution in [3.63, 3.8) is 0 Å². The Bertz CT molecular complexity index is 419. The van der Waals surface area contributed by atoms with Crippen molar-refractivity contribution in [1.29, 1.82) is 0 Å². The van der Waals surface area contributed by atoms with E-state index >= 15 is 0 Å². The van der Waals surface area contributed by atoms with Gasteiger partial charge in [0.05, 0.1) is 20.6 Å². The molecule has 0 bridgehead atoms. The largest absolute Gasteiger partial charge is 0.469 e. The first-order valence-corrected chi connectivity index (χ1v) is 5.97. The summed E-state index contributed by atoms with van der Waals surface area (Å²) in [6.45, 7) is 0.553. The van der Waals surface area contributed by atoms with E-state index in [-0.39, 0.29) is 6.42 Å². The molecular weight excluding hydrogens is 246 g/mol. The number of hydrogen-bond acceptors (Lipinski definition) is 5. The molecule has 1 rings (SSSR count). The Morgan fingerprint density at radius 1 is 1.16 bits per heavy atom. The van der Waals surface area contributed by atoms with Gasteiger partial charge in [0, 0.05) is 6.54 Å². The molecule has 0 fully saturated rings. The fourth-order valence-corrected chi connectivity index (χ4v) is 1.78. The highest BCUT2D eigenvalue weighted by Gasteiger charge is 2.27. The molecule has 0 unspecified atom stereocenters. The third kappa shape index (κ3) is 4.71. The standard InChI is InChI=1S/C14H19NO4/c1-15(10-11-7-5-4-6-8-11)12(14(17)19-3)9-13(16)18-2/h4-8,12H,9-10H2,1-3H3/t12-/m0/s1. The SMILES string of the molecule is COC(=O)C[C@@H](C(=O)OC)N(C)Cc1ccccc1. The highest BCUT2D eigenvalue weighted by molar-refractivity contribution is 5.82. The zero-order valence-electron chi connectivity index (χ0n) is 11.5. The Hall–Kier alpha value is -1.88. The van der Waals surface area contributed by atoms with Crippen molar-refractivity contribution in [2.45, 2.75) is 19.0 Å². The molecule has 104 valence electrons. The van der Waals surface area contributed by atoms with E-state index in [1.54, 1.807) is 11.9 Å². The Morgan fingerprint density at radius 3 is 2.32 bits per heavy atom. The smallest absolute Gasteiger partial charge is 0.323 e. The van der Waals surface area contributed by atoms with Crippen molar-refractivity contribution < 1.29 is 19.1 Å². The molecule has 0 heterocycles. The van der Waals surface area contributed by atoms with Crippen LogP contribution >= 0.6 is 0 Å². The molecule has 0 saturated heterocycles. The number of esters is 2. The maximum absolute atomic E-state index is 11.7. The van der Waals surface area contributed by atoms with Gasteiger partial charge in [0.25, 0.3) is 0 Å². The molecule has 5 heteroatoms. The number of benzene rings is 1. The first-order valence-electron chi connectivity index (χ1n) is 5.97. The van der Waals surface area contributed by atoms with Crippen molar-refractivity contribution >= 4 is 11.9 Å². The molecule has 0 spiro atoms. The van der Waals surface area contributed by atoms with Gasteiger partial charge in [-0.2, -0.15) is 0 Å². The van der Waals surface area contributed by atoms with E-state index in [0.29, 0.717) is 6.54 Å². The van der Waals surface area contributed by atoms with Gasteiger partial charge in [-0.25, -0.2) is 0 Å². The Morgan fingerprint density at radius 2 is 1.79 bits per heavy atom. The third-order valence-electron chi connectivity index (χ3n) is 2.87. The van der Waals surface area contributed by atoms with Crippen molar-refractivity contribution in [2.75, 3.05) is 21.3 Å².